The van der Waals surface area contributed by atoms with Crippen LogP contribution >= 0.6 is 0 Å². The van der Waals surface area contributed by atoms with Gasteiger partial charge in [-0.1, -0.05) is 6.42 Å². The van der Waals surface area contributed by atoms with E-state index < -0.39 is 22.4 Å². The summed E-state index contributed by atoms with van der Waals surface area (Å²) in [4.78, 5) is 10.1. The number of rotatable bonds is 5. The van der Waals surface area contributed by atoms with Gasteiger partial charge in [0.25, 0.3) is 0 Å². The second kappa shape index (κ2) is 11.3. The van der Waals surface area contributed by atoms with Gasteiger partial charge < -0.3 is 25.7 Å². The van der Waals surface area contributed by atoms with Crippen molar-refractivity contribution in [2.75, 3.05) is 6.54 Å². The average molecular weight is 297 g/mol. The molecule has 0 fully saturated rings. The van der Waals surface area contributed by atoms with E-state index in [4.69, 9.17) is 34.1 Å². The first kappa shape index (κ1) is 21.1. The predicted molar refractivity (Wildman–Crippen MR) is 49.0 cm³/mol. The molecule has 16 heavy (non-hydrogen) atoms. The molecule has 8 nitrogen and oxygen atoms in total. The minimum Gasteiger partial charge on any atom is -0.759 e. The fourth-order valence-electron chi connectivity index (χ4n) is 0.632. The molecule has 0 aromatic carbocycles. The number of nitrogens with two attached hydrogens (primary N) is 2. The van der Waals surface area contributed by atoms with Crippen LogP contribution in [0.5, 0.6) is 0 Å². The Morgan fingerprint density at radius 1 is 1.31 bits per heavy atom. The van der Waals surface area contributed by atoms with E-state index in [0.717, 1.165) is 12.8 Å². The van der Waals surface area contributed by atoms with E-state index >= 15 is 0 Å². The van der Waals surface area contributed by atoms with E-state index in [1.807, 2.05) is 0 Å². The molecule has 5 N–H and O–H groups in total. The average Bonchev–Trinajstić information content (AvgIpc) is 2.01. The first-order valence-electron chi connectivity index (χ1n) is 4.03. The van der Waals surface area contributed by atoms with Gasteiger partial charge in [-0.25, -0.2) is 0 Å². The fourth-order valence-corrected chi connectivity index (χ4v) is 0.632. The normalized spacial score (nSPS) is 11.8. The van der Waals surface area contributed by atoms with Gasteiger partial charge in [-0.15, -0.1) is 0 Å². The molecule has 0 heterocycles. The Labute approximate surface area is 104 Å². The Morgan fingerprint density at radius 2 is 1.69 bits per heavy atom. The van der Waals surface area contributed by atoms with E-state index in [1.54, 1.807) is 0 Å². The predicted octanol–water partition coefficient (Wildman–Crippen LogP) is -1.81. The summed E-state index contributed by atoms with van der Waals surface area (Å²) in [6, 6.07) is -0.716. The first-order valence-corrected chi connectivity index (χ1v) is 5.37. The van der Waals surface area contributed by atoms with Gasteiger partial charge >= 0.3 is 23.0 Å². The third-order valence-corrected chi connectivity index (χ3v) is 1.29. The Hall–Kier alpha value is -0.221. The largest absolute Gasteiger partial charge is 2.00 e. The van der Waals surface area contributed by atoms with Crippen LogP contribution in [-0.4, -0.2) is 41.2 Å². The number of carbonyl (C=O) groups is 1. The van der Waals surface area contributed by atoms with E-state index in [0.29, 0.717) is 13.0 Å². The van der Waals surface area contributed by atoms with Gasteiger partial charge in [-0.05, 0) is 19.4 Å². The molecule has 0 spiro atoms. The second-order valence-electron chi connectivity index (χ2n) is 2.64. The van der Waals surface area contributed by atoms with Crippen LogP contribution in [0.4, 0.5) is 0 Å². The summed E-state index contributed by atoms with van der Waals surface area (Å²) >= 11 is 0. The summed E-state index contributed by atoms with van der Waals surface area (Å²) in [6.45, 7) is 0.604. The van der Waals surface area contributed by atoms with Gasteiger partial charge in [0, 0.05) is 10.4 Å². The summed E-state index contributed by atoms with van der Waals surface area (Å²) in [5, 5.41) is 8.33. The summed E-state index contributed by atoms with van der Waals surface area (Å²) in [6.07, 6.45) is 2.16. The molecule has 1 atom stereocenters. The molecule has 10 heteroatoms. The standard InChI is InChI=1S/C6H14N2O2.Mn.H2O4S/c7-4-2-1-3-5(8)6(9)10;;1-5(2,3)4/h5H,1-4,7-8H2,(H,9,10);;(H2,1,2,3,4)/q;+2;/p-2. The maximum atomic E-state index is 10.1. The van der Waals surface area contributed by atoms with Crippen LogP contribution < -0.4 is 11.5 Å². The van der Waals surface area contributed by atoms with Crippen molar-refractivity contribution in [2.24, 2.45) is 11.5 Å². The van der Waals surface area contributed by atoms with Gasteiger partial charge in [0.1, 0.15) is 6.04 Å². The van der Waals surface area contributed by atoms with Crippen molar-refractivity contribution in [3.63, 3.8) is 0 Å². The molecule has 0 saturated heterocycles. The molecule has 0 amide bonds. The zero-order valence-electron chi connectivity index (χ0n) is 8.34. The van der Waals surface area contributed by atoms with Crippen LogP contribution in [0.3, 0.4) is 0 Å². The number of aliphatic carboxylic acids is 1. The number of unbranched alkanes of at least 4 members (excludes halogenated alkanes) is 1. The molecule has 0 rings (SSSR count). The zero-order valence-corrected chi connectivity index (χ0v) is 10.3. The van der Waals surface area contributed by atoms with Crippen molar-refractivity contribution in [2.45, 2.75) is 25.3 Å². The van der Waals surface area contributed by atoms with Gasteiger partial charge in [0.2, 0.25) is 0 Å². The molecule has 0 aliphatic carbocycles. The molecule has 0 aromatic heterocycles. The van der Waals surface area contributed by atoms with Crippen LogP contribution in [0.2, 0.25) is 0 Å². The summed E-state index contributed by atoms with van der Waals surface area (Å²) in [5.41, 5.74) is 10.4. The van der Waals surface area contributed by atoms with Crippen molar-refractivity contribution in [3.05, 3.63) is 0 Å². The maximum Gasteiger partial charge on any atom is 2.00 e. The molecule has 0 aliphatic rings. The summed E-state index contributed by atoms with van der Waals surface area (Å²) in [5.74, 6) is -0.933. The molecule has 0 saturated carbocycles. The van der Waals surface area contributed by atoms with Crippen molar-refractivity contribution < 1.29 is 44.5 Å². The van der Waals surface area contributed by atoms with Crippen LogP contribution in [0, 0.1) is 0 Å². The minimum atomic E-state index is -5.17. The minimum absolute atomic E-state index is 0. The van der Waals surface area contributed by atoms with Crippen LogP contribution in [0.15, 0.2) is 0 Å². The molecule has 0 aromatic rings. The second-order valence-corrected chi connectivity index (χ2v) is 3.45. The van der Waals surface area contributed by atoms with Gasteiger partial charge in [0.15, 0.2) is 0 Å². The zero-order chi connectivity index (χ0) is 12.5. The van der Waals surface area contributed by atoms with Crippen molar-refractivity contribution >= 4 is 16.4 Å². The van der Waals surface area contributed by atoms with Crippen molar-refractivity contribution in [1.29, 1.82) is 0 Å². The Bertz CT molecular complexity index is 262. The molecular formula is C6H14MnN2O6S. The molecule has 0 aliphatic heterocycles. The van der Waals surface area contributed by atoms with Crippen molar-refractivity contribution in [3.8, 4) is 0 Å². The summed E-state index contributed by atoms with van der Waals surface area (Å²) in [7, 11) is -5.17. The van der Waals surface area contributed by atoms with Crippen LogP contribution in [0.25, 0.3) is 0 Å². The first-order chi connectivity index (χ1) is 6.68. The smallest absolute Gasteiger partial charge is 0.759 e. The topological polar surface area (TPSA) is 170 Å². The molecular weight excluding hydrogens is 283 g/mol. The Kier molecular flexibility index (Phi) is 14.9. The third-order valence-electron chi connectivity index (χ3n) is 1.29. The third kappa shape index (κ3) is 29.2. The monoisotopic (exact) mass is 297 g/mol. The van der Waals surface area contributed by atoms with E-state index in [9.17, 15) is 4.79 Å². The maximum absolute atomic E-state index is 10.1. The van der Waals surface area contributed by atoms with E-state index in [2.05, 4.69) is 0 Å². The number of carboxylic acid groups (broad SMARTS) is 1. The number of carboxylic acids is 1. The van der Waals surface area contributed by atoms with Crippen molar-refractivity contribution in [1.82, 2.24) is 0 Å². The Morgan fingerprint density at radius 3 is 1.94 bits per heavy atom. The number of hydrogen-bond acceptors (Lipinski definition) is 7. The Balaban J connectivity index is -0.000000242. The molecule has 1 radical (unpaired) electrons. The van der Waals surface area contributed by atoms with Crippen LogP contribution in [0.1, 0.15) is 19.3 Å². The molecule has 0 bridgehead atoms. The number of hydrogen-bond donors (Lipinski definition) is 3. The van der Waals surface area contributed by atoms with E-state index in [-0.39, 0.29) is 17.1 Å². The molecule has 1 unspecified atom stereocenters. The van der Waals surface area contributed by atoms with Crippen LogP contribution in [-0.2, 0) is 32.3 Å². The van der Waals surface area contributed by atoms with Gasteiger partial charge in [-0.2, -0.15) is 0 Å². The summed E-state index contributed by atoms with van der Waals surface area (Å²) < 4.78 is 34.1. The quantitative estimate of drug-likeness (QED) is 0.230. The SMILES string of the molecule is NCCCCC(N)C(=O)O.O=S(=O)([O-])[O-].[Mn+2]. The molecule has 97 valence electrons. The fraction of sp³-hybridized carbons (Fsp3) is 0.833. The van der Waals surface area contributed by atoms with Gasteiger partial charge in [-0.3, -0.25) is 13.2 Å². The van der Waals surface area contributed by atoms with Gasteiger partial charge in [0.05, 0.1) is 0 Å². The van der Waals surface area contributed by atoms with E-state index in [1.165, 1.54) is 0 Å².